The Hall–Kier alpha value is -3.75. The lowest BCUT2D eigenvalue weighted by molar-refractivity contribution is -0.137. The van der Waals surface area contributed by atoms with Gasteiger partial charge in [0.2, 0.25) is 0 Å². The van der Waals surface area contributed by atoms with E-state index in [4.69, 9.17) is 5.73 Å². The van der Waals surface area contributed by atoms with Crippen molar-refractivity contribution in [2.45, 2.75) is 26.1 Å². The summed E-state index contributed by atoms with van der Waals surface area (Å²) in [5.74, 6) is -0.716. The molecule has 4 rings (SSSR count). The number of rotatable bonds is 4. The summed E-state index contributed by atoms with van der Waals surface area (Å²) in [6.45, 7) is 3.81. The molecule has 0 radical (unpaired) electrons. The zero-order chi connectivity index (χ0) is 22.3. The number of primary amides is 1. The SMILES string of the molecule is CC(C)N=Nc1ccc2c(c1)[nH]c1c(C(N)=O)cc(-c3cccc(C(F)(F)F)c3)nc12. The van der Waals surface area contributed by atoms with Crippen LogP contribution >= 0.6 is 0 Å². The molecule has 0 atom stereocenters. The highest BCUT2D eigenvalue weighted by Crippen LogP contribution is 2.35. The molecule has 3 N–H and O–H groups in total. The second-order valence-electron chi connectivity index (χ2n) is 7.39. The van der Waals surface area contributed by atoms with E-state index in [1.54, 1.807) is 18.2 Å². The van der Waals surface area contributed by atoms with Gasteiger partial charge >= 0.3 is 6.18 Å². The number of nitrogens with two attached hydrogens (primary N) is 1. The van der Waals surface area contributed by atoms with E-state index >= 15 is 0 Å². The number of alkyl halides is 3. The fourth-order valence-corrected chi connectivity index (χ4v) is 3.28. The molecule has 9 heteroatoms. The van der Waals surface area contributed by atoms with Crippen molar-refractivity contribution >= 4 is 33.5 Å². The zero-order valence-corrected chi connectivity index (χ0v) is 16.7. The fraction of sp³-hybridized carbons (Fsp3) is 0.182. The Kier molecular flexibility index (Phi) is 4.96. The van der Waals surface area contributed by atoms with Crippen molar-refractivity contribution in [1.29, 1.82) is 0 Å². The van der Waals surface area contributed by atoms with E-state index < -0.39 is 17.6 Å². The Labute approximate surface area is 175 Å². The van der Waals surface area contributed by atoms with Crippen LogP contribution in [0.2, 0.25) is 0 Å². The molecule has 2 aromatic heterocycles. The minimum atomic E-state index is -4.49. The standard InChI is InChI=1S/C22H18F3N5O/c1-11(2)29-30-14-6-7-15-18(9-14)28-20-16(21(26)31)10-17(27-19(15)20)12-4-3-5-13(8-12)22(23,24)25/h3-11,28H,1-2H3,(H2,26,31). The van der Waals surface area contributed by atoms with Gasteiger partial charge in [0.05, 0.1) is 45.1 Å². The lowest BCUT2D eigenvalue weighted by atomic mass is 10.0. The summed E-state index contributed by atoms with van der Waals surface area (Å²) in [6.07, 6.45) is -4.49. The topological polar surface area (TPSA) is 96.5 Å². The van der Waals surface area contributed by atoms with Gasteiger partial charge in [0.15, 0.2) is 0 Å². The van der Waals surface area contributed by atoms with Crippen molar-refractivity contribution in [3.05, 3.63) is 59.7 Å². The first-order valence-electron chi connectivity index (χ1n) is 9.48. The number of nitrogens with one attached hydrogen (secondary N) is 1. The lowest BCUT2D eigenvalue weighted by Crippen LogP contribution is -2.12. The molecule has 0 aliphatic rings. The Balaban J connectivity index is 1.93. The van der Waals surface area contributed by atoms with Gasteiger partial charge in [0.1, 0.15) is 0 Å². The monoisotopic (exact) mass is 425 g/mol. The molecular formula is C22H18F3N5O. The minimum absolute atomic E-state index is 0.0385. The Morgan fingerprint density at radius 3 is 2.58 bits per heavy atom. The molecule has 0 bridgehead atoms. The third kappa shape index (κ3) is 3.98. The first-order chi connectivity index (χ1) is 14.6. The van der Waals surface area contributed by atoms with Crippen LogP contribution in [0.4, 0.5) is 18.9 Å². The van der Waals surface area contributed by atoms with E-state index in [-0.39, 0.29) is 22.9 Å². The van der Waals surface area contributed by atoms with Crippen LogP contribution in [0, 0.1) is 0 Å². The summed E-state index contributed by atoms with van der Waals surface area (Å²) in [6, 6.07) is 11.5. The van der Waals surface area contributed by atoms with Crippen molar-refractivity contribution in [2.24, 2.45) is 16.0 Å². The maximum atomic E-state index is 13.1. The number of H-pyrrole nitrogens is 1. The number of azo groups is 1. The quantitative estimate of drug-likeness (QED) is 0.393. The summed E-state index contributed by atoms with van der Waals surface area (Å²) in [5.41, 5.74) is 7.47. The summed E-state index contributed by atoms with van der Waals surface area (Å²) < 4.78 is 39.4. The van der Waals surface area contributed by atoms with Gasteiger partial charge in [-0.2, -0.15) is 23.4 Å². The van der Waals surface area contributed by atoms with Crippen LogP contribution in [-0.2, 0) is 6.18 Å². The lowest BCUT2D eigenvalue weighted by Gasteiger charge is -2.09. The molecule has 0 aliphatic heterocycles. The van der Waals surface area contributed by atoms with E-state index in [0.717, 1.165) is 12.1 Å². The van der Waals surface area contributed by atoms with Crippen LogP contribution in [0.25, 0.3) is 33.2 Å². The normalized spacial score (nSPS) is 12.5. The maximum Gasteiger partial charge on any atom is 0.416 e. The average Bonchev–Trinajstić information content (AvgIpc) is 3.08. The molecule has 2 aromatic carbocycles. The highest BCUT2D eigenvalue weighted by Gasteiger charge is 2.30. The molecule has 0 fully saturated rings. The molecule has 158 valence electrons. The van der Waals surface area contributed by atoms with Gasteiger partial charge in [-0.1, -0.05) is 12.1 Å². The number of fused-ring (bicyclic) bond motifs is 3. The molecule has 0 spiro atoms. The van der Waals surface area contributed by atoms with Crippen molar-refractivity contribution in [3.8, 4) is 11.3 Å². The fourth-order valence-electron chi connectivity index (χ4n) is 3.28. The molecule has 31 heavy (non-hydrogen) atoms. The van der Waals surface area contributed by atoms with Gasteiger partial charge < -0.3 is 10.7 Å². The molecule has 0 aliphatic carbocycles. The number of nitrogens with zero attached hydrogens (tertiary/aromatic N) is 3. The van der Waals surface area contributed by atoms with Crippen molar-refractivity contribution in [3.63, 3.8) is 0 Å². The van der Waals surface area contributed by atoms with Crippen LogP contribution in [0.15, 0.2) is 58.8 Å². The number of amides is 1. The third-order valence-corrected chi connectivity index (χ3v) is 4.69. The molecule has 0 unspecified atom stereocenters. The maximum absolute atomic E-state index is 13.1. The molecule has 0 saturated carbocycles. The van der Waals surface area contributed by atoms with E-state index in [2.05, 4.69) is 20.2 Å². The Bertz CT molecular complexity index is 1340. The van der Waals surface area contributed by atoms with Gasteiger partial charge in [-0.15, -0.1) is 0 Å². The number of carbonyl (C=O) groups is 1. The molecule has 6 nitrogen and oxygen atoms in total. The summed E-state index contributed by atoms with van der Waals surface area (Å²) in [4.78, 5) is 19.8. The van der Waals surface area contributed by atoms with Crippen LogP contribution < -0.4 is 5.73 Å². The summed E-state index contributed by atoms with van der Waals surface area (Å²) in [7, 11) is 0. The number of hydrogen-bond donors (Lipinski definition) is 2. The summed E-state index contributed by atoms with van der Waals surface area (Å²) >= 11 is 0. The zero-order valence-electron chi connectivity index (χ0n) is 16.7. The number of aromatic nitrogens is 2. The molecular weight excluding hydrogens is 407 g/mol. The van der Waals surface area contributed by atoms with E-state index in [1.807, 2.05) is 13.8 Å². The number of carbonyl (C=O) groups excluding carboxylic acids is 1. The highest BCUT2D eigenvalue weighted by atomic mass is 19.4. The smallest absolute Gasteiger partial charge is 0.366 e. The van der Waals surface area contributed by atoms with E-state index in [9.17, 15) is 18.0 Å². The first-order valence-corrected chi connectivity index (χ1v) is 9.48. The van der Waals surface area contributed by atoms with Gasteiger partial charge in [-0.25, -0.2) is 4.98 Å². The first kappa shape index (κ1) is 20.5. The number of hydrogen-bond acceptors (Lipinski definition) is 4. The number of pyridine rings is 1. The van der Waals surface area contributed by atoms with E-state index in [1.165, 1.54) is 18.2 Å². The summed E-state index contributed by atoms with van der Waals surface area (Å²) in [5, 5.41) is 8.97. The highest BCUT2D eigenvalue weighted by molar-refractivity contribution is 6.14. The third-order valence-electron chi connectivity index (χ3n) is 4.69. The minimum Gasteiger partial charge on any atom is -0.366 e. The van der Waals surface area contributed by atoms with Crippen LogP contribution in [0.5, 0.6) is 0 Å². The van der Waals surface area contributed by atoms with Gasteiger partial charge in [0, 0.05) is 10.9 Å². The molecule has 4 aromatic rings. The second kappa shape index (κ2) is 7.50. The number of halogens is 3. The average molecular weight is 425 g/mol. The van der Waals surface area contributed by atoms with Crippen molar-refractivity contribution < 1.29 is 18.0 Å². The Morgan fingerprint density at radius 2 is 1.90 bits per heavy atom. The predicted molar refractivity (Wildman–Crippen MR) is 112 cm³/mol. The van der Waals surface area contributed by atoms with Crippen molar-refractivity contribution in [1.82, 2.24) is 9.97 Å². The van der Waals surface area contributed by atoms with Gasteiger partial charge in [-0.05, 0) is 50.2 Å². The van der Waals surface area contributed by atoms with Crippen LogP contribution in [-0.4, -0.2) is 21.9 Å². The number of aromatic amines is 1. The Morgan fingerprint density at radius 1 is 1.13 bits per heavy atom. The van der Waals surface area contributed by atoms with Crippen LogP contribution in [0.1, 0.15) is 29.8 Å². The van der Waals surface area contributed by atoms with Gasteiger partial charge in [-0.3, -0.25) is 4.79 Å². The molecule has 0 saturated heterocycles. The van der Waals surface area contributed by atoms with Gasteiger partial charge in [0.25, 0.3) is 5.91 Å². The molecule has 1 amide bonds. The predicted octanol–water partition coefficient (Wildman–Crippen LogP) is 5.99. The molecule has 2 heterocycles. The number of benzene rings is 2. The second-order valence-corrected chi connectivity index (χ2v) is 7.39. The largest absolute Gasteiger partial charge is 0.416 e. The van der Waals surface area contributed by atoms with Crippen molar-refractivity contribution in [2.75, 3.05) is 0 Å². The van der Waals surface area contributed by atoms with E-state index in [0.29, 0.717) is 27.6 Å². The van der Waals surface area contributed by atoms with Crippen LogP contribution in [0.3, 0.4) is 0 Å².